The van der Waals surface area contributed by atoms with Gasteiger partial charge in [0.2, 0.25) is 5.95 Å². The van der Waals surface area contributed by atoms with E-state index in [4.69, 9.17) is 4.74 Å². The molecule has 0 unspecified atom stereocenters. The summed E-state index contributed by atoms with van der Waals surface area (Å²) in [4.78, 5) is 12.9. The van der Waals surface area contributed by atoms with Crippen molar-refractivity contribution in [3.05, 3.63) is 58.4 Å². The Morgan fingerprint density at radius 2 is 2.06 bits per heavy atom. The largest absolute Gasteiger partial charge is 0.379 e. The van der Waals surface area contributed by atoms with E-state index in [1.807, 2.05) is 17.5 Å². The van der Waals surface area contributed by atoms with Gasteiger partial charge in [0.15, 0.2) is 5.65 Å². The summed E-state index contributed by atoms with van der Waals surface area (Å²) in [5.41, 5.74) is 4.08. The van der Waals surface area contributed by atoms with Gasteiger partial charge in [-0.3, -0.25) is 10.00 Å². The topological polar surface area (TPSA) is 79.0 Å². The molecular formula is C23H26N6OS. The molecule has 0 spiro atoms. The number of H-pyrrole nitrogens is 1. The summed E-state index contributed by atoms with van der Waals surface area (Å²) in [5.74, 6) is 0.614. The van der Waals surface area contributed by atoms with E-state index >= 15 is 0 Å². The Morgan fingerprint density at radius 3 is 2.94 bits per heavy atom. The zero-order valence-electron chi connectivity index (χ0n) is 17.4. The molecule has 3 aromatic heterocycles. The first-order valence-corrected chi connectivity index (χ1v) is 11.6. The van der Waals surface area contributed by atoms with Crippen molar-refractivity contribution in [1.82, 2.24) is 25.1 Å². The van der Waals surface area contributed by atoms with Crippen LogP contribution in [0, 0.1) is 0 Å². The van der Waals surface area contributed by atoms with E-state index in [-0.39, 0.29) is 0 Å². The van der Waals surface area contributed by atoms with E-state index in [9.17, 15) is 0 Å². The number of benzene rings is 1. The number of aromatic nitrogens is 4. The summed E-state index contributed by atoms with van der Waals surface area (Å²) in [5, 5.41) is 14.0. The fourth-order valence-corrected chi connectivity index (χ4v) is 4.57. The summed E-state index contributed by atoms with van der Waals surface area (Å²) < 4.78 is 5.39. The second-order valence-corrected chi connectivity index (χ2v) is 8.72. The van der Waals surface area contributed by atoms with Gasteiger partial charge < -0.3 is 10.1 Å². The normalized spacial score (nSPS) is 14.8. The second kappa shape index (κ2) is 9.55. The number of hydrogen-bond acceptors (Lipinski definition) is 7. The van der Waals surface area contributed by atoms with E-state index < -0.39 is 0 Å². The minimum Gasteiger partial charge on any atom is -0.379 e. The van der Waals surface area contributed by atoms with Crippen LogP contribution in [0.25, 0.3) is 22.3 Å². The lowest BCUT2D eigenvalue weighted by Gasteiger charge is -2.26. The number of anilines is 1. The van der Waals surface area contributed by atoms with E-state index in [2.05, 4.69) is 72.2 Å². The van der Waals surface area contributed by atoms with Crippen LogP contribution >= 0.6 is 11.3 Å². The molecule has 0 aliphatic carbocycles. The Kier molecular flexibility index (Phi) is 6.20. The predicted octanol–water partition coefficient (Wildman–Crippen LogP) is 3.61. The minimum atomic E-state index is 0.614. The van der Waals surface area contributed by atoms with Crippen molar-refractivity contribution >= 4 is 28.3 Å². The molecule has 4 aromatic rings. The van der Waals surface area contributed by atoms with Crippen LogP contribution in [-0.4, -0.2) is 64.5 Å². The Balaban J connectivity index is 1.25. The van der Waals surface area contributed by atoms with Gasteiger partial charge in [-0.15, -0.1) is 11.3 Å². The summed E-state index contributed by atoms with van der Waals surface area (Å²) >= 11 is 1.81. The molecular weight excluding hydrogens is 408 g/mol. The van der Waals surface area contributed by atoms with Gasteiger partial charge in [-0.2, -0.15) is 10.1 Å². The van der Waals surface area contributed by atoms with Crippen LogP contribution in [0.5, 0.6) is 0 Å². The highest BCUT2D eigenvalue weighted by atomic mass is 32.1. The van der Waals surface area contributed by atoms with Crippen molar-refractivity contribution in [2.45, 2.75) is 12.8 Å². The predicted molar refractivity (Wildman–Crippen MR) is 125 cm³/mol. The van der Waals surface area contributed by atoms with Gasteiger partial charge in [-0.1, -0.05) is 24.3 Å². The van der Waals surface area contributed by atoms with Crippen molar-refractivity contribution in [3.63, 3.8) is 0 Å². The Hall–Kier alpha value is -2.81. The van der Waals surface area contributed by atoms with Crippen molar-refractivity contribution in [3.8, 4) is 11.3 Å². The highest BCUT2D eigenvalue weighted by Gasteiger charge is 2.12. The lowest BCUT2D eigenvalue weighted by Crippen LogP contribution is -2.39. The van der Waals surface area contributed by atoms with Gasteiger partial charge in [-0.25, -0.2) is 4.98 Å². The number of nitrogens with zero attached hydrogens (tertiary/aromatic N) is 4. The number of rotatable bonds is 8. The van der Waals surface area contributed by atoms with Crippen molar-refractivity contribution in [2.75, 3.05) is 44.7 Å². The second-order valence-electron chi connectivity index (χ2n) is 7.69. The fourth-order valence-electron chi connectivity index (χ4n) is 3.86. The number of fused-ring (bicyclic) bond motifs is 1. The van der Waals surface area contributed by atoms with Crippen LogP contribution in [0.2, 0.25) is 0 Å². The number of thiophene rings is 1. The molecule has 2 N–H and O–H groups in total. The van der Waals surface area contributed by atoms with E-state index in [0.717, 1.165) is 68.9 Å². The molecule has 8 heteroatoms. The summed E-state index contributed by atoms with van der Waals surface area (Å²) in [6, 6.07) is 12.9. The average Bonchev–Trinajstić information content (AvgIpc) is 3.48. The third kappa shape index (κ3) is 4.92. The number of nitrogens with one attached hydrogen (secondary N) is 2. The zero-order chi connectivity index (χ0) is 20.9. The number of morpholine rings is 1. The first-order chi connectivity index (χ1) is 15.3. The van der Waals surface area contributed by atoms with E-state index in [1.165, 1.54) is 10.4 Å². The molecule has 1 aliphatic heterocycles. The lowest BCUT2D eigenvalue weighted by atomic mass is 10.0. The van der Waals surface area contributed by atoms with Crippen LogP contribution in [0.4, 0.5) is 5.95 Å². The number of hydrogen-bond donors (Lipinski definition) is 2. The minimum absolute atomic E-state index is 0.614. The summed E-state index contributed by atoms with van der Waals surface area (Å²) in [7, 11) is 0. The number of ether oxygens (including phenoxy) is 1. The van der Waals surface area contributed by atoms with Gasteiger partial charge in [0.1, 0.15) is 0 Å². The molecule has 1 saturated heterocycles. The number of aryl methyl sites for hydroxylation is 2. The monoisotopic (exact) mass is 434 g/mol. The summed E-state index contributed by atoms with van der Waals surface area (Å²) in [6.07, 6.45) is 3.94. The van der Waals surface area contributed by atoms with Gasteiger partial charge in [-0.05, 0) is 35.9 Å². The molecule has 31 heavy (non-hydrogen) atoms. The molecule has 0 amide bonds. The molecule has 1 fully saturated rings. The SMILES string of the molecule is c1cc(CCc2cccs2)cc(-c2[nH]nc3nc(NCCN4CCOCC4)ncc23)c1. The molecule has 0 atom stereocenters. The smallest absolute Gasteiger partial charge is 0.224 e. The van der Waals surface area contributed by atoms with Crippen LogP contribution in [-0.2, 0) is 17.6 Å². The first kappa shape index (κ1) is 20.1. The molecule has 5 rings (SSSR count). The van der Waals surface area contributed by atoms with Gasteiger partial charge in [0, 0.05) is 42.8 Å². The molecule has 1 aromatic carbocycles. The van der Waals surface area contributed by atoms with Crippen molar-refractivity contribution in [1.29, 1.82) is 0 Å². The highest BCUT2D eigenvalue weighted by Crippen LogP contribution is 2.26. The Morgan fingerprint density at radius 1 is 1.13 bits per heavy atom. The number of aromatic amines is 1. The lowest BCUT2D eigenvalue weighted by molar-refractivity contribution is 0.0398. The maximum Gasteiger partial charge on any atom is 0.224 e. The standard InChI is InChI=1S/C23H26N6OS/c1-3-17(6-7-19-5-2-14-31-19)15-18(4-1)21-20-16-25-23(26-22(20)28-27-21)24-8-9-29-10-12-30-13-11-29/h1-5,14-16H,6-13H2,(H2,24,25,26,27,28). The average molecular weight is 435 g/mol. The highest BCUT2D eigenvalue weighted by molar-refractivity contribution is 7.09. The molecule has 1 aliphatic rings. The Bertz CT molecular complexity index is 1120. The Labute approximate surface area is 185 Å². The third-order valence-electron chi connectivity index (χ3n) is 5.58. The van der Waals surface area contributed by atoms with Gasteiger partial charge >= 0.3 is 0 Å². The van der Waals surface area contributed by atoms with E-state index in [1.54, 1.807) is 0 Å². The molecule has 4 heterocycles. The van der Waals surface area contributed by atoms with Crippen LogP contribution in [0.1, 0.15) is 10.4 Å². The summed E-state index contributed by atoms with van der Waals surface area (Å²) in [6.45, 7) is 5.35. The molecule has 0 radical (unpaired) electrons. The molecule has 160 valence electrons. The van der Waals surface area contributed by atoms with Crippen LogP contribution < -0.4 is 5.32 Å². The van der Waals surface area contributed by atoms with Gasteiger partial charge in [0.05, 0.1) is 24.3 Å². The first-order valence-electron chi connectivity index (χ1n) is 10.7. The van der Waals surface area contributed by atoms with Crippen LogP contribution in [0.3, 0.4) is 0 Å². The maximum absolute atomic E-state index is 5.39. The molecule has 0 saturated carbocycles. The van der Waals surface area contributed by atoms with Crippen molar-refractivity contribution in [2.24, 2.45) is 0 Å². The van der Waals surface area contributed by atoms with Gasteiger partial charge in [0.25, 0.3) is 0 Å². The molecule has 7 nitrogen and oxygen atoms in total. The van der Waals surface area contributed by atoms with Crippen LogP contribution in [0.15, 0.2) is 48.0 Å². The van der Waals surface area contributed by atoms with E-state index in [0.29, 0.717) is 11.6 Å². The van der Waals surface area contributed by atoms with Crippen molar-refractivity contribution < 1.29 is 4.74 Å². The fraction of sp³-hybridized carbons (Fsp3) is 0.348. The molecule has 0 bridgehead atoms. The quantitative estimate of drug-likeness (QED) is 0.441. The third-order valence-corrected chi connectivity index (χ3v) is 6.52. The zero-order valence-corrected chi connectivity index (χ0v) is 18.2. The maximum atomic E-state index is 5.39.